The highest BCUT2D eigenvalue weighted by Crippen LogP contribution is 2.45. The van der Waals surface area contributed by atoms with E-state index in [1.165, 1.54) is 35.2 Å². The Labute approximate surface area is 172 Å². The molecular formula is C18H28N2O7S2. The first kappa shape index (κ1) is 22.3. The van der Waals surface area contributed by atoms with Gasteiger partial charge in [-0.1, -0.05) is 0 Å². The maximum absolute atomic E-state index is 13.4. The fourth-order valence-electron chi connectivity index (χ4n) is 4.32. The van der Waals surface area contributed by atoms with Crippen molar-refractivity contribution in [1.29, 1.82) is 0 Å². The highest BCUT2D eigenvalue weighted by atomic mass is 32.2. The van der Waals surface area contributed by atoms with Crippen molar-refractivity contribution in [3.05, 3.63) is 18.2 Å². The van der Waals surface area contributed by atoms with Gasteiger partial charge in [0.2, 0.25) is 20.0 Å². The van der Waals surface area contributed by atoms with Crippen LogP contribution in [0.4, 0.5) is 0 Å². The van der Waals surface area contributed by atoms with Crippen molar-refractivity contribution < 1.29 is 31.0 Å². The molecular weight excluding hydrogens is 420 g/mol. The molecule has 0 aliphatic carbocycles. The standard InChI is InChI=1S/C18H28N2O7S2/c1-25-13-18-7-8-19(10-14(18)11-20(12-18)28(4,21)22)29(23,24)17-9-15(26-2)5-6-16(17)27-3/h5-6,9,14H,7-8,10-13H2,1-4H3/t14-,18+/m1/s1. The zero-order chi connectivity index (χ0) is 21.4. The summed E-state index contributed by atoms with van der Waals surface area (Å²) < 4.78 is 69.7. The topological polar surface area (TPSA) is 102 Å². The summed E-state index contributed by atoms with van der Waals surface area (Å²) in [6.45, 7) is 1.52. The fraction of sp³-hybridized carbons (Fsp3) is 0.667. The highest BCUT2D eigenvalue weighted by molar-refractivity contribution is 7.89. The predicted octanol–water partition coefficient (Wildman–Crippen LogP) is 0.622. The van der Waals surface area contributed by atoms with Crippen LogP contribution >= 0.6 is 0 Å². The molecule has 2 atom stereocenters. The molecule has 29 heavy (non-hydrogen) atoms. The Balaban J connectivity index is 1.93. The molecule has 0 aromatic heterocycles. The van der Waals surface area contributed by atoms with Gasteiger partial charge in [0.05, 0.1) is 27.1 Å². The summed E-state index contributed by atoms with van der Waals surface area (Å²) in [5, 5.41) is 0. The Morgan fingerprint density at radius 2 is 1.76 bits per heavy atom. The van der Waals surface area contributed by atoms with Crippen LogP contribution in [0, 0.1) is 11.3 Å². The van der Waals surface area contributed by atoms with Gasteiger partial charge in [-0.25, -0.2) is 21.1 Å². The summed E-state index contributed by atoms with van der Waals surface area (Å²) in [5.74, 6) is 0.500. The summed E-state index contributed by atoms with van der Waals surface area (Å²) >= 11 is 0. The second-order valence-electron chi connectivity index (χ2n) is 7.68. The van der Waals surface area contributed by atoms with Gasteiger partial charge < -0.3 is 14.2 Å². The zero-order valence-electron chi connectivity index (χ0n) is 17.1. The van der Waals surface area contributed by atoms with Gasteiger partial charge in [0, 0.05) is 44.8 Å². The molecule has 11 heteroatoms. The van der Waals surface area contributed by atoms with E-state index in [4.69, 9.17) is 14.2 Å². The van der Waals surface area contributed by atoms with E-state index in [2.05, 4.69) is 0 Å². The van der Waals surface area contributed by atoms with Crippen molar-refractivity contribution in [2.45, 2.75) is 11.3 Å². The lowest BCUT2D eigenvalue weighted by Crippen LogP contribution is -2.50. The quantitative estimate of drug-likeness (QED) is 0.603. The maximum atomic E-state index is 13.4. The van der Waals surface area contributed by atoms with E-state index in [-0.39, 0.29) is 41.6 Å². The van der Waals surface area contributed by atoms with Gasteiger partial charge in [-0.3, -0.25) is 0 Å². The molecule has 0 saturated carbocycles. The molecule has 1 aromatic carbocycles. The summed E-state index contributed by atoms with van der Waals surface area (Å²) in [7, 11) is -2.75. The van der Waals surface area contributed by atoms with Gasteiger partial charge in [0.15, 0.2) is 0 Å². The lowest BCUT2D eigenvalue weighted by atomic mass is 9.74. The van der Waals surface area contributed by atoms with E-state index in [1.54, 1.807) is 19.2 Å². The van der Waals surface area contributed by atoms with Crippen molar-refractivity contribution >= 4 is 20.0 Å². The molecule has 0 radical (unpaired) electrons. The van der Waals surface area contributed by atoms with Crippen LogP contribution in [0.1, 0.15) is 6.42 Å². The van der Waals surface area contributed by atoms with Crippen molar-refractivity contribution in [3.63, 3.8) is 0 Å². The molecule has 2 aliphatic heterocycles. The first-order valence-corrected chi connectivity index (χ1v) is 12.5. The van der Waals surface area contributed by atoms with Crippen molar-refractivity contribution in [2.75, 3.05) is 60.4 Å². The molecule has 0 unspecified atom stereocenters. The number of methoxy groups -OCH3 is 3. The van der Waals surface area contributed by atoms with Crippen molar-refractivity contribution in [2.24, 2.45) is 11.3 Å². The third-order valence-electron chi connectivity index (χ3n) is 5.95. The number of rotatable bonds is 7. The van der Waals surface area contributed by atoms with Gasteiger partial charge in [0.1, 0.15) is 16.4 Å². The Kier molecular flexibility index (Phi) is 6.17. The molecule has 9 nitrogen and oxygen atoms in total. The van der Waals surface area contributed by atoms with Crippen molar-refractivity contribution in [1.82, 2.24) is 8.61 Å². The molecule has 2 aliphatic rings. The van der Waals surface area contributed by atoms with E-state index in [1.807, 2.05) is 0 Å². The summed E-state index contributed by atoms with van der Waals surface area (Å²) in [6, 6.07) is 4.65. The number of nitrogens with zero attached hydrogens (tertiary/aromatic N) is 2. The van der Waals surface area contributed by atoms with Crippen LogP contribution in [0.3, 0.4) is 0 Å². The van der Waals surface area contributed by atoms with Crippen LogP contribution in [-0.4, -0.2) is 85.8 Å². The van der Waals surface area contributed by atoms with E-state index in [0.717, 1.165) is 0 Å². The SMILES string of the molecule is COC[C@@]12CCN(S(=O)(=O)c3cc(OC)ccc3OC)C[C@@H]1CN(S(C)(=O)=O)C2. The number of benzene rings is 1. The summed E-state index contributed by atoms with van der Waals surface area (Å²) in [6.07, 6.45) is 1.70. The van der Waals surface area contributed by atoms with Gasteiger partial charge in [-0.05, 0) is 24.5 Å². The second kappa shape index (κ2) is 8.03. The minimum absolute atomic E-state index is 0.0385. The Morgan fingerprint density at radius 1 is 1.07 bits per heavy atom. The maximum Gasteiger partial charge on any atom is 0.246 e. The third-order valence-corrected chi connectivity index (χ3v) is 9.06. The average Bonchev–Trinajstić information content (AvgIpc) is 3.06. The molecule has 0 bridgehead atoms. The number of ether oxygens (including phenoxy) is 3. The molecule has 0 N–H and O–H groups in total. The van der Waals surface area contributed by atoms with Crippen molar-refractivity contribution in [3.8, 4) is 11.5 Å². The van der Waals surface area contributed by atoms with Gasteiger partial charge in [-0.2, -0.15) is 4.31 Å². The molecule has 164 valence electrons. The van der Waals surface area contributed by atoms with Gasteiger partial charge in [0.25, 0.3) is 0 Å². The van der Waals surface area contributed by atoms with Crippen LogP contribution in [0.2, 0.25) is 0 Å². The predicted molar refractivity (Wildman–Crippen MR) is 107 cm³/mol. The van der Waals surface area contributed by atoms with Gasteiger partial charge in [-0.15, -0.1) is 0 Å². The van der Waals surface area contributed by atoms with Crippen LogP contribution in [0.5, 0.6) is 11.5 Å². The molecule has 2 heterocycles. The van der Waals surface area contributed by atoms with Gasteiger partial charge >= 0.3 is 0 Å². The molecule has 3 rings (SSSR count). The second-order valence-corrected chi connectivity index (χ2v) is 11.6. The minimum atomic E-state index is -3.85. The largest absolute Gasteiger partial charge is 0.497 e. The lowest BCUT2D eigenvalue weighted by Gasteiger charge is -2.42. The third kappa shape index (κ3) is 4.11. The number of sulfonamides is 2. The first-order chi connectivity index (χ1) is 13.6. The summed E-state index contributed by atoms with van der Waals surface area (Å²) in [4.78, 5) is 0.0385. The molecule has 0 amide bonds. The minimum Gasteiger partial charge on any atom is -0.497 e. The average molecular weight is 449 g/mol. The summed E-state index contributed by atoms with van der Waals surface area (Å²) in [5.41, 5.74) is -0.387. The van der Waals surface area contributed by atoms with Crippen LogP contribution in [0.15, 0.2) is 23.1 Å². The monoisotopic (exact) mass is 448 g/mol. The Bertz CT molecular complexity index is 964. The fourth-order valence-corrected chi connectivity index (χ4v) is 6.92. The van der Waals surface area contributed by atoms with E-state index in [9.17, 15) is 16.8 Å². The van der Waals surface area contributed by atoms with Crippen LogP contribution in [-0.2, 0) is 24.8 Å². The lowest BCUT2D eigenvalue weighted by molar-refractivity contribution is 0.0208. The molecule has 2 fully saturated rings. The molecule has 0 spiro atoms. The number of fused-ring (bicyclic) bond motifs is 1. The highest BCUT2D eigenvalue weighted by Gasteiger charge is 2.53. The Hall–Kier alpha value is -1.40. The molecule has 1 aromatic rings. The zero-order valence-corrected chi connectivity index (χ0v) is 18.8. The number of hydrogen-bond donors (Lipinski definition) is 0. The number of hydrogen-bond acceptors (Lipinski definition) is 7. The Morgan fingerprint density at radius 3 is 2.34 bits per heavy atom. The van der Waals surface area contributed by atoms with E-state index >= 15 is 0 Å². The number of piperidine rings is 1. The van der Waals surface area contributed by atoms with E-state index < -0.39 is 20.0 Å². The van der Waals surface area contributed by atoms with Crippen LogP contribution < -0.4 is 9.47 Å². The molecule has 2 saturated heterocycles. The van der Waals surface area contributed by atoms with Crippen LogP contribution in [0.25, 0.3) is 0 Å². The normalized spacial score (nSPS) is 26.3. The first-order valence-electron chi connectivity index (χ1n) is 9.23. The van der Waals surface area contributed by atoms with E-state index in [0.29, 0.717) is 25.3 Å². The smallest absolute Gasteiger partial charge is 0.246 e.